The average molecular weight is 275 g/mol. The summed E-state index contributed by atoms with van der Waals surface area (Å²) >= 11 is 0. The zero-order chi connectivity index (χ0) is 14.5. The molecule has 2 rings (SSSR count). The molecule has 0 aliphatic carbocycles. The maximum absolute atomic E-state index is 9.37. The first kappa shape index (κ1) is 14.5. The van der Waals surface area contributed by atoms with E-state index in [0.29, 0.717) is 12.3 Å². The van der Waals surface area contributed by atoms with Crippen LogP contribution < -0.4 is 4.74 Å². The molecule has 1 aromatic heterocycles. The van der Waals surface area contributed by atoms with Crippen molar-refractivity contribution in [2.45, 2.75) is 39.8 Å². The molecule has 1 N–H and O–H groups in total. The lowest BCUT2D eigenvalue weighted by Gasteiger charge is -2.08. The molecule has 0 radical (unpaired) electrons. The van der Waals surface area contributed by atoms with Gasteiger partial charge in [-0.2, -0.15) is 0 Å². The molecule has 1 atom stereocenters. The Morgan fingerprint density at radius 2 is 1.95 bits per heavy atom. The van der Waals surface area contributed by atoms with Crippen LogP contribution in [0, 0.1) is 13.8 Å². The van der Waals surface area contributed by atoms with E-state index in [1.165, 1.54) is 11.1 Å². The number of aromatic nitrogens is 3. The van der Waals surface area contributed by atoms with Gasteiger partial charge in [-0.3, -0.25) is 4.68 Å². The summed E-state index contributed by atoms with van der Waals surface area (Å²) in [6, 6.07) is 6.20. The van der Waals surface area contributed by atoms with Gasteiger partial charge in [0.2, 0.25) is 0 Å². The Bertz CT molecular complexity index is 544. The first-order valence-corrected chi connectivity index (χ1v) is 6.84. The molecule has 0 saturated carbocycles. The zero-order valence-electron chi connectivity index (χ0n) is 12.2. The van der Waals surface area contributed by atoms with Crippen molar-refractivity contribution in [3.05, 3.63) is 41.2 Å². The fourth-order valence-electron chi connectivity index (χ4n) is 2.05. The van der Waals surface area contributed by atoms with Crippen molar-refractivity contribution in [1.82, 2.24) is 15.0 Å². The number of aryl methyl sites for hydroxylation is 3. The van der Waals surface area contributed by atoms with E-state index in [1.54, 1.807) is 17.8 Å². The van der Waals surface area contributed by atoms with Crippen LogP contribution in [0.15, 0.2) is 24.4 Å². The summed E-state index contributed by atoms with van der Waals surface area (Å²) in [5, 5.41) is 17.2. The Labute approximate surface area is 119 Å². The third kappa shape index (κ3) is 4.06. The molecule has 0 spiro atoms. The summed E-state index contributed by atoms with van der Waals surface area (Å²) in [6.07, 6.45) is 2.03. The van der Waals surface area contributed by atoms with Crippen LogP contribution >= 0.6 is 0 Å². The van der Waals surface area contributed by atoms with Crippen LogP contribution in [0.1, 0.15) is 36.3 Å². The molecule has 2 aromatic rings. The van der Waals surface area contributed by atoms with E-state index in [2.05, 4.69) is 30.2 Å². The summed E-state index contributed by atoms with van der Waals surface area (Å²) in [4.78, 5) is 0. The van der Waals surface area contributed by atoms with Crippen molar-refractivity contribution < 1.29 is 9.84 Å². The van der Waals surface area contributed by atoms with Gasteiger partial charge in [0.15, 0.2) is 0 Å². The first-order valence-electron chi connectivity index (χ1n) is 6.84. The fraction of sp³-hybridized carbons (Fsp3) is 0.467. The van der Waals surface area contributed by atoms with E-state index in [1.807, 2.05) is 12.1 Å². The smallest absolute Gasteiger partial charge is 0.119 e. The van der Waals surface area contributed by atoms with Gasteiger partial charge in [-0.15, -0.1) is 5.10 Å². The zero-order valence-corrected chi connectivity index (χ0v) is 12.2. The van der Waals surface area contributed by atoms with Gasteiger partial charge in [0.05, 0.1) is 18.9 Å². The molecule has 0 bridgehead atoms. The van der Waals surface area contributed by atoms with E-state index in [9.17, 15) is 5.11 Å². The third-order valence-electron chi connectivity index (χ3n) is 2.98. The lowest BCUT2D eigenvalue weighted by molar-refractivity contribution is 0.194. The highest BCUT2D eigenvalue weighted by Crippen LogP contribution is 2.16. The quantitative estimate of drug-likeness (QED) is 0.822. The summed E-state index contributed by atoms with van der Waals surface area (Å²) < 4.78 is 7.46. The molecular weight excluding hydrogens is 254 g/mol. The van der Waals surface area contributed by atoms with Gasteiger partial charge < -0.3 is 9.84 Å². The number of benzene rings is 1. The fourth-order valence-corrected chi connectivity index (χ4v) is 2.05. The maximum atomic E-state index is 9.37. The number of nitrogens with zero attached hydrogens (tertiary/aromatic N) is 3. The topological polar surface area (TPSA) is 60.2 Å². The van der Waals surface area contributed by atoms with Crippen LogP contribution in [0.2, 0.25) is 0 Å². The standard InChI is InChI=1S/C15H21N3O2/c1-11-7-12(2)9-14(8-11)20-6-4-5-18-10-15(13(3)19)16-17-18/h7-10,13,19H,4-6H2,1-3H3. The van der Waals surface area contributed by atoms with Crippen LogP contribution in [0.4, 0.5) is 0 Å². The Balaban J connectivity index is 1.78. The molecular formula is C15H21N3O2. The molecule has 20 heavy (non-hydrogen) atoms. The Morgan fingerprint density at radius 3 is 2.55 bits per heavy atom. The van der Waals surface area contributed by atoms with E-state index >= 15 is 0 Å². The molecule has 0 saturated heterocycles. The van der Waals surface area contributed by atoms with Gasteiger partial charge in [0.1, 0.15) is 11.4 Å². The second-order valence-electron chi connectivity index (χ2n) is 5.11. The van der Waals surface area contributed by atoms with Crippen molar-refractivity contribution in [2.24, 2.45) is 0 Å². The summed E-state index contributed by atoms with van der Waals surface area (Å²) in [5.74, 6) is 0.908. The number of ether oxygens (including phenoxy) is 1. The van der Waals surface area contributed by atoms with E-state index < -0.39 is 6.10 Å². The van der Waals surface area contributed by atoms with Gasteiger partial charge in [-0.25, -0.2) is 0 Å². The lowest BCUT2D eigenvalue weighted by Crippen LogP contribution is -2.05. The molecule has 0 aliphatic rings. The summed E-state index contributed by atoms with van der Waals surface area (Å²) in [6.45, 7) is 7.16. The van der Waals surface area contributed by atoms with Gasteiger partial charge in [0, 0.05) is 13.0 Å². The molecule has 108 valence electrons. The van der Waals surface area contributed by atoms with Crippen LogP contribution in [0.25, 0.3) is 0 Å². The van der Waals surface area contributed by atoms with Crippen LogP contribution in [0.5, 0.6) is 5.75 Å². The Morgan fingerprint density at radius 1 is 1.25 bits per heavy atom. The van der Waals surface area contributed by atoms with Crippen LogP contribution in [0.3, 0.4) is 0 Å². The molecule has 5 nitrogen and oxygen atoms in total. The number of hydrogen-bond donors (Lipinski definition) is 1. The Kier molecular flexibility index (Phi) is 4.74. The summed E-state index contributed by atoms with van der Waals surface area (Å²) in [5.41, 5.74) is 3.01. The van der Waals surface area contributed by atoms with E-state index in [-0.39, 0.29) is 0 Å². The lowest BCUT2D eigenvalue weighted by atomic mass is 10.1. The molecule has 1 aromatic carbocycles. The second kappa shape index (κ2) is 6.52. The average Bonchev–Trinajstić information content (AvgIpc) is 2.82. The predicted molar refractivity (Wildman–Crippen MR) is 76.7 cm³/mol. The van der Waals surface area contributed by atoms with E-state index in [4.69, 9.17) is 4.74 Å². The van der Waals surface area contributed by atoms with Crippen LogP contribution in [-0.2, 0) is 6.54 Å². The minimum absolute atomic E-state index is 0.574. The molecule has 0 amide bonds. The Hall–Kier alpha value is -1.88. The van der Waals surface area contributed by atoms with Gasteiger partial charge >= 0.3 is 0 Å². The van der Waals surface area contributed by atoms with Crippen molar-refractivity contribution in [1.29, 1.82) is 0 Å². The molecule has 1 heterocycles. The van der Waals surface area contributed by atoms with Gasteiger partial charge in [-0.1, -0.05) is 11.3 Å². The van der Waals surface area contributed by atoms with E-state index in [0.717, 1.165) is 18.7 Å². The second-order valence-corrected chi connectivity index (χ2v) is 5.11. The highest BCUT2D eigenvalue weighted by Gasteiger charge is 2.05. The molecule has 1 unspecified atom stereocenters. The SMILES string of the molecule is Cc1cc(C)cc(OCCCn2cc(C(C)O)nn2)c1. The highest BCUT2D eigenvalue weighted by molar-refractivity contribution is 5.32. The minimum Gasteiger partial charge on any atom is -0.494 e. The number of aliphatic hydroxyl groups excluding tert-OH is 1. The number of aliphatic hydroxyl groups is 1. The van der Waals surface area contributed by atoms with Crippen molar-refractivity contribution in [3.8, 4) is 5.75 Å². The number of rotatable bonds is 6. The molecule has 5 heteroatoms. The van der Waals surface area contributed by atoms with Crippen molar-refractivity contribution >= 4 is 0 Å². The van der Waals surface area contributed by atoms with Crippen molar-refractivity contribution in [3.63, 3.8) is 0 Å². The largest absolute Gasteiger partial charge is 0.494 e. The summed E-state index contributed by atoms with van der Waals surface area (Å²) in [7, 11) is 0. The first-order chi connectivity index (χ1) is 9.54. The third-order valence-corrected chi connectivity index (χ3v) is 2.98. The van der Waals surface area contributed by atoms with Crippen LogP contribution in [-0.4, -0.2) is 26.7 Å². The number of hydrogen-bond acceptors (Lipinski definition) is 4. The van der Waals surface area contributed by atoms with Gasteiger partial charge in [-0.05, 0) is 44.0 Å². The molecule has 0 aliphatic heterocycles. The maximum Gasteiger partial charge on any atom is 0.119 e. The minimum atomic E-state index is -0.574. The normalized spacial score (nSPS) is 12.4. The monoisotopic (exact) mass is 275 g/mol. The van der Waals surface area contributed by atoms with Gasteiger partial charge in [0.25, 0.3) is 0 Å². The molecule has 0 fully saturated rings. The predicted octanol–water partition coefficient (Wildman–Crippen LogP) is 2.42. The highest BCUT2D eigenvalue weighted by atomic mass is 16.5. The van der Waals surface area contributed by atoms with Crippen molar-refractivity contribution in [2.75, 3.05) is 6.61 Å².